The number of nitrogens with zero attached hydrogens (tertiary/aromatic N) is 1. The molecule has 68 valence electrons. The summed E-state index contributed by atoms with van der Waals surface area (Å²) >= 11 is 0. The summed E-state index contributed by atoms with van der Waals surface area (Å²) in [5.41, 5.74) is 5.71. The molecule has 0 aliphatic heterocycles. The maximum atomic E-state index is 5.41. The normalized spacial score (nSPS) is 12.5. The molecule has 0 aliphatic rings. The maximum Gasteiger partial charge on any atom is 0.0122 e. The maximum absolute atomic E-state index is 5.41. The van der Waals surface area contributed by atoms with Gasteiger partial charge in [-0.05, 0) is 53.8 Å². The Labute approximate surface area is 70.8 Å². The molecular formula is C9H22N2. The number of nitrogens with two attached hydrogens (primary N) is 1. The molecule has 11 heavy (non-hydrogen) atoms. The van der Waals surface area contributed by atoms with Crippen LogP contribution < -0.4 is 5.73 Å². The van der Waals surface area contributed by atoms with Gasteiger partial charge >= 0.3 is 0 Å². The van der Waals surface area contributed by atoms with Crippen LogP contribution in [0.5, 0.6) is 0 Å². The molecule has 0 unspecified atom stereocenters. The minimum Gasteiger partial charge on any atom is -0.330 e. The quantitative estimate of drug-likeness (QED) is 0.628. The van der Waals surface area contributed by atoms with Gasteiger partial charge in [-0.15, -0.1) is 0 Å². The lowest BCUT2D eigenvalue weighted by atomic mass is 10.1. The van der Waals surface area contributed by atoms with Gasteiger partial charge in [0.05, 0.1) is 0 Å². The minimum absolute atomic E-state index is 0.300. The van der Waals surface area contributed by atoms with Gasteiger partial charge in [-0.2, -0.15) is 0 Å². The Bertz CT molecular complexity index is 94.2. The van der Waals surface area contributed by atoms with E-state index in [0.29, 0.717) is 5.54 Å². The van der Waals surface area contributed by atoms with E-state index >= 15 is 0 Å². The minimum atomic E-state index is 0.300. The summed E-state index contributed by atoms with van der Waals surface area (Å²) in [5.74, 6) is 0. The van der Waals surface area contributed by atoms with E-state index in [1.54, 1.807) is 0 Å². The van der Waals surface area contributed by atoms with E-state index in [1.807, 2.05) is 0 Å². The largest absolute Gasteiger partial charge is 0.330 e. The molecule has 0 aromatic heterocycles. The van der Waals surface area contributed by atoms with Crippen molar-refractivity contribution in [3.05, 3.63) is 0 Å². The smallest absolute Gasteiger partial charge is 0.0122 e. The molecule has 0 saturated carbocycles. The molecule has 0 aromatic rings. The molecule has 0 spiro atoms. The third-order valence-electron chi connectivity index (χ3n) is 2.09. The Balaban J connectivity index is 3.44. The van der Waals surface area contributed by atoms with E-state index in [2.05, 4.69) is 32.7 Å². The second kappa shape index (κ2) is 4.73. The van der Waals surface area contributed by atoms with Gasteiger partial charge in [-0.1, -0.05) is 0 Å². The van der Waals surface area contributed by atoms with Gasteiger partial charge in [0, 0.05) is 5.54 Å². The number of hydrogen-bond donors (Lipinski definition) is 1. The zero-order valence-electron chi connectivity index (χ0n) is 8.35. The number of hydrogen-bond acceptors (Lipinski definition) is 2. The summed E-state index contributed by atoms with van der Waals surface area (Å²) in [4.78, 5) is 2.36. The van der Waals surface area contributed by atoms with E-state index in [4.69, 9.17) is 5.73 Å². The van der Waals surface area contributed by atoms with Crippen LogP contribution in [-0.4, -0.2) is 30.6 Å². The highest BCUT2D eigenvalue weighted by Crippen LogP contribution is 2.10. The van der Waals surface area contributed by atoms with E-state index in [-0.39, 0.29) is 0 Å². The lowest BCUT2D eigenvalue weighted by molar-refractivity contribution is 0.173. The van der Waals surface area contributed by atoms with Gasteiger partial charge < -0.3 is 10.6 Å². The van der Waals surface area contributed by atoms with Crippen molar-refractivity contribution in [2.75, 3.05) is 20.1 Å². The van der Waals surface area contributed by atoms with Crippen molar-refractivity contribution < 1.29 is 0 Å². The van der Waals surface area contributed by atoms with Crippen LogP contribution in [0.1, 0.15) is 33.6 Å². The molecule has 2 heteroatoms. The van der Waals surface area contributed by atoms with Gasteiger partial charge in [0.25, 0.3) is 0 Å². The first kappa shape index (κ1) is 10.9. The molecule has 0 amide bonds. The topological polar surface area (TPSA) is 29.3 Å². The first-order chi connectivity index (χ1) is 4.98. The summed E-state index contributed by atoms with van der Waals surface area (Å²) in [6.45, 7) is 8.67. The second-order valence-electron chi connectivity index (χ2n) is 4.09. The molecule has 0 bridgehead atoms. The van der Waals surface area contributed by atoms with Crippen molar-refractivity contribution in [3.63, 3.8) is 0 Å². The van der Waals surface area contributed by atoms with Crippen LogP contribution in [0.3, 0.4) is 0 Å². The summed E-state index contributed by atoms with van der Waals surface area (Å²) in [6, 6.07) is 0. The number of rotatable bonds is 4. The molecule has 0 aromatic carbocycles. The van der Waals surface area contributed by atoms with Crippen molar-refractivity contribution in [2.45, 2.75) is 39.2 Å². The Hall–Kier alpha value is -0.0800. The SMILES string of the molecule is CN(CCCCN)C(C)(C)C. The third-order valence-corrected chi connectivity index (χ3v) is 2.09. The van der Waals surface area contributed by atoms with E-state index < -0.39 is 0 Å². The zero-order chi connectivity index (χ0) is 8.91. The van der Waals surface area contributed by atoms with Crippen LogP contribution in [0, 0.1) is 0 Å². The van der Waals surface area contributed by atoms with Crippen molar-refractivity contribution in [3.8, 4) is 0 Å². The Kier molecular flexibility index (Phi) is 4.69. The van der Waals surface area contributed by atoms with Crippen LogP contribution in [0.25, 0.3) is 0 Å². The van der Waals surface area contributed by atoms with E-state index in [0.717, 1.165) is 19.5 Å². The van der Waals surface area contributed by atoms with Crippen molar-refractivity contribution in [1.29, 1.82) is 0 Å². The van der Waals surface area contributed by atoms with Crippen LogP contribution in [0.2, 0.25) is 0 Å². The molecule has 0 rings (SSSR count). The lowest BCUT2D eigenvalue weighted by Crippen LogP contribution is -2.38. The Morgan fingerprint density at radius 2 is 1.73 bits per heavy atom. The monoisotopic (exact) mass is 158 g/mol. The van der Waals surface area contributed by atoms with Gasteiger partial charge in [-0.3, -0.25) is 0 Å². The zero-order valence-corrected chi connectivity index (χ0v) is 8.35. The predicted octanol–water partition coefficient (Wildman–Crippen LogP) is 1.46. The third kappa shape index (κ3) is 5.22. The predicted molar refractivity (Wildman–Crippen MR) is 50.7 cm³/mol. The fourth-order valence-corrected chi connectivity index (χ4v) is 0.829. The molecule has 2 nitrogen and oxygen atoms in total. The molecule has 0 saturated heterocycles. The second-order valence-corrected chi connectivity index (χ2v) is 4.09. The fourth-order valence-electron chi connectivity index (χ4n) is 0.829. The Morgan fingerprint density at radius 1 is 1.18 bits per heavy atom. The average molecular weight is 158 g/mol. The van der Waals surface area contributed by atoms with Gasteiger partial charge in [0.2, 0.25) is 0 Å². The van der Waals surface area contributed by atoms with E-state index in [9.17, 15) is 0 Å². The molecule has 0 aliphatic carbocycles. The van der Waals surface area contributed by atoms with Crippen molar-refractivity contribution in [1.82, 2.24) is 4.90 Å². The lowest BCUT2D eigenvalue weighted by Gasteiger charge is -2.31. The van der Waals surface area contributed by atoms with Gasteiger partial charge in [0.15, 0.2) is 0 Å². The van der Waals surface area contributed by atoms with E-state index in [1.165, 1.54) is 6.42 Å². The molecule has 2 N–H and O–H groups in total. The average Bonchev–Trinajstić information content (AvgIpc) is 1.86. The van der Waals surface area contributed by atoms with Crippen LogP contribution >= 0.6 is 0 Å². The summed E-state index contributed by atoms with van der Waals surface area (Å²) in [7, 11) is 2.16. The summed E-state index contributed by atoms with van der Waals surface area (Å²) in [5, 5.41) is 0. The molecule has 0 radical (unpaired) electrons. The van der Waals surface area contributed by atoms with Crippen molar-refractivity contribution >= 4 is 0 Å². The van der Waals surface area contributed by atoms with Crippen LogP contribution in [0.15, 0.2) is 0 Å². The molecule has 0 fully saturated rings. The first-order valence-electron chi connectivity index (χ1n) is 4.40. The number of unbranched alkanes of at least 4 members (excludes halogenated alkanes) is 1. The van der Waals surface area contributed by atoms with Gasteiger partial charge in [-0.25, -0.2) is 0 Å². The van der Waals surface area contributed by atoms with Crippen LogP contribution in [-0.2, 0) is 0 Å². The standard InChI is InChI=1S/C9H22N2/c1-9(2,3)11(4)8-6-5-7-10/h5-8,10H2,1-4H3. The fraction of sp³-hybridized carbons (Fsp3) is 1.00. The van der Waals surface area contributed by atoms with Crippen LogP contribution in [0.4, 0.5) is 0 Å². The molecule has 0 heterocycles. The molecule has 0 atom stereocenters. The van der Waals surface area contributed by atoms with Crippen molar-refractivity contribution in [2.24, 2.45) is 5.73 Å². The first-order valence-corrected chi connectivity index (χ1v) is 4.40. The highest BCUT2D eigenvalue weighted by molar-refractivity contribution is 4.72. The van der Waals surface area contributed by atoms with Gasteiger partial charge in [0.1, 0.15) is 0 Å². The highest BCUT2D eigenvalue weighted by Gasteiger charge is 2.15. The molecular weight excluding hydrogens is 136 g/mol. The summed E-state index contributed by atoms with van der Waals surface area (Å²) < 4.78 is 0. The highest BCUT2D eigenvalue weighted by atomic mass is 15.1. The summed E-state index contributed by atoms with van der Waals surface area (Å²) in [6.07, 6.45) is 2.35. The Morgan fingerprint density at radius 3 is 2.09 bits per heavy atom.